The van der Waals surface area contributed by atoms with Crippen LogP contribution in [0.3, 0.4) is 0 Å². The molecule has 0 saturated heterocycles. The standard InChI is InChI=1S/C8H14S4/c1-2-3-7-6-11-8(12-7)10-5-4-9/h6,8-9H,2-5H2,1H3. The molecule has 0 N–H and O–H groups in total. The molecule has 0 radical (unpaired) electrons. The molecule has 1 rings (SSSR count). The lowest BCUT2D eigenvalue weighted by Crippen LogP contribution is -1.88. The average Bonchev–Trinajstić information content (AvgIpc) is 2.50. The Balaban J connectivity index is 2.13. The van der Waals surface area contributed by atoms with Gasteiger partial charge in [-0.1, -0.05) is 13.3 Å². The first-order valence-electron chi connectivity index (χ1n) is 4.10. The first kappa shape index (κ1) is 11.2. The normalized spacial score (nSPS) is 22.8. The molecule has 0 bridgehead atoms. The van der Waals surface area contributed by atoms with Crippen LogP contribution in [0.4, 0.5) is 0 Å². The molecule has 0 aliphatic carbocycles. The largest absolute Gasteiger partial charge is 0.179 e. The Morgan fingerprint density at radius 1 is 1.67 bits per heavy atom. The maximum absolute atomic E-state index is 4.20. The quantitative estimate of drug-likeness (QED) is 0.718. The Morgan fingerprint density at radius 3 is 3.17 bits per heavy atom. The van der Waals surface area contributed by atoms with Gasteiger partial charge in [-0.05, 0) is 22.5 Å². The minimum atomic E-state index is 0.707. The Kier molecular flexibility index (Phi) is 6.14. The molecule has 0 aromatic rings. The van der Waals surface area contributed by atoms with Gasteiger partial charge in [0.2, 0.25) is 0 Å². The highest BCUT2D eigenvalue weighted by Crippen LogP contribution is 2.47. The maximum atomic E-state index is 4.20. The van der Waals surface area contributed by atoms with Crippen LogP contribution in [-0.4, -0.2) is 15.4 Å². The fourth-order valence-electron chi connectivity index (χ4n) is 0.897. The molecule has 0 amide bonds. The van der Waals surface area contributed by atoms with Crippen molar-refractivity contribution >= 4 is 47.9 Å². The van der Waals surface area contributed by atoms with E-state index in [0.717, 1.165) is 5.75 Å². The SMILES string of the molecule is CCCC1=CSC(SCCS)S1. The van der Waals surface area contributed by atoms with Crippen LogP contribution in [0, 0.1) is 0 Å². The molecule has 0 aromatic carbocycles. The van der Waals surface area contributed by atoms with Crippen molar-refractivity contribution in [1.29, 1.82) is 0 Å². The number of rotatable bonds is 5. The summed E-state index contributed by atoms with van der Waals surface area (Å²) < 4.78 is 0.707. The van der Waals surface area contributed by atoms with E-state index in [9.17, 15) is 0 Å². The second-order valence-electron chi connectivity index (χ2n) is 2.47. The number of thioether (sulfide) groups is 3. The highest BCUT2D eigenvalue weighted by molar-refractivity contribution is 8.36. The minimum absolute atomic E-state index is 0.707. The van der Waals surface area contributed by atoms with Gasteiger partial charge in [0.05, 0.1) is 0 Å². The van der Waals surface area contributed by atoms with Gasteiger partial charge in [-0.2, -0.15) is 12.6 Å². The zero-order valence-electron chi connectivity index (χ0n) is 7.16. The Labute approximate surface area is 93.1 Å². The van der Waals surface area contributed by atoms with Gasteiger partial charge in [0.15, 0.2) is 0 Å². The van der Waals surface area contributed by atoms with Crippen molar-refractivity contribution in [2.24, 2.45) is 0 Å². The average molecular weight is 238 g/mol. The van der Waals surface area contributed by atoms with Gasteiger partial charge in [0.1, 0.15) is 3.91 Å². The van der Waals surface area contributed by atoms with Crippen LogP contribution in [-0.2, 0) is 0 Å². The third-order valence-electron chi connectivity index (χ3n) is 1.40. The van der Waals surface area contributed by atoms with Gasteiger partial charge in [0, 0.05) is 5.75 Å². The van der Waals surface area contributed by atoms with Crippen molar-refractivity contribution in [2.45, 2.75) is 23.7 Å². The lowest BCUT2D eigenvalue weighted by molar-refractivity contribution is 0.950. The summed E-state index contributed by atoms with van der Waals surface area (Å²) in [4.78, 5) is 1.57. The summed E-state index contributed by atoms with van der Waals surface area (Å²) in [6, 6.07) is 0. The van der Waals surface area contributed by atoms with Gasteiger partial charge < -0.3 is 0 Å². The molecule has 1 aliphatic heterocycles. The number of allylic oxidation sites excluding steroid dienone is 1. The topological polar surface area (TPSA) is 0 Å². The van der Waals surface area contributed by atoms with Crippen molar-refractivity contribution < 1.29 is 0 Å². The number of hydrogen-bond acceptors (Lipinski definition) is 4. The molecule has 1 aliphatic rings. The molecular weight excluding hydrogens is 224 g/mol. The van der Waals surface area contributed by atoms with E-state index in [1.807, 2.05) is 35.3 Å². The summed E-state index contributed by atoms with van der Waals surface area (Å²) in [5, 5.41) is 2.32. The molecule has 0 aromatic heterocycles. The van der Waals surface area contributed by atoms with Gasteiger partial charge in [-0.25, -0.2) is 0 Å². The molecular formula is C8H14S4. The van der Waals surface area contributed by atoms with E-state index in [-0.39, 0.29) is 0 Å². The number of hydrogen-bond donors (Lipinski definition) is 1. The molecule has 0 fully saturated rings. The number of thiol groups is 1. The first-order valence-corrected chi connectivity index (χ1v) is 7.60. The fraction of sp³-hybridized carbons (Fsp3) is 0.750. The third-order valence-corrected chi connectivity index (χ3v) is 6.31. The van der Waals surface area contributed by atoms with E-state index >= 15 is 0 Å². The van der Waals surface area contributed by atoms with Crippen LogP contribution in [0.1, 0.15) is 19.8 Å². The monoisotopic (exact) mass is 238 g/mol. The lowest BCUT2D eigenvalue weighted by atomic mass is 10.3. The zero-order valence-corrected chi connectivity index (χ0v) is 10.5. The Bertz CT molecular complexity index is 155. The van der Waals surface area contributed by atoms with Crippen molar-refractivity contribution in [2.75, 3.05) is 11.5 Å². The summed E-state index contributed by atoms with van der Waals surface area (Å²) in [6.45, 7) is 2.24. The second kappa shape index (κ2) is 6.57. The van der Waals surface area contributed by atoms with E-state index in [4.69, 9.17) is 0 Å². The third kappa shape index (κ3) is 3.90. The predicted octanol–water partition coefficient (Wildman–Crippen LogP) is 4.05. The molecule has 1 atom stereocenters. The molecule has 0 nitrogen and oxygen atoms in total. The van der Waals surface area contributed by atoms with Crippen molar-refractivity contribution in [3.05, 3.63) is 10.3 Å². The van der Waals surface area contributed by atoms with Crippen LogP contribution in [0.15, 0.2) is 10.3 Å². The van der Waals surface area contributed by atoms with Gasteiger partial charge in [-0.15, -0.1) is 35.3 Å². The van der Waals surface area contributed by atoms with E-state index in [1.165, 1.54) is 18.6 Å². The Morgan fingerprint density at radius 2 is 2.50 bits per heavy atom. The highest BCUT2D eigenvalue weighted by atomic mass is 32.3. The van der Waals surface area contributed by atoms with E-state index < -0.39 is 0 Å². The maximum Gasteiger partial charge on any atom is 0.104 e. The zero-order chi connectivity index (χ0) is 8.81. The van der Waals surface area contributed by atoms with Gasteiger partial charge in [-0.3, -0.25) is 0 Å². The Hall–Kier alpha value is 1.14. The summed E-state index contributed by atoms with van der Waals surface area (Å²) >= 11 is 10.2. The summed E-state index contributed by atoms with van der Waals surface area (Å²) in [5.41, 5.74) is 0. The molecule has 0 saturated carbocycles. The minimum Gasteiger partial charge on any atom is -0.179 e. The molecule has 4 heteroatoms. The fourth-order valence-corrected chi connectivity index (χ4v) is 5.31. The van der Waals surface area contributed by atoms with Crippen LogP contribution in [0.5, 0.6) is 0 Å². The molecule has 70 valence electrons. The van der Waals surface area contributed by atoms with Crippen LogP contribution < -0.4 is 0 Å². The van der Waals surface area contributed by atoms with Crippen LogP contribution in [0.25, 0.3) is 0 Å². The highest BCUT2D eigenvalue weighted by Gasteiger charge is 2.17. The second-order valence-corrected chi connectivity index (χ2v) is 7.24. The first-order chi connectivity index (χ1) is 5.86. The van der Waals surface area contributed by atoms with E-state index in [1.54, 1.807) is 4.91 Å². The van der Waals surface area contributed by atoms with Gasteiger partial charge >= 0.3 is 0 Å². The molecule has 0 spiro atoms. The van der Waals surface area contributed by atoms with Crippen molar-refractivity contribution in [3.8, 4) is 0 Å². The van der Waals surface area contributed by atoms with Gasteiger partial charge in [0.25, 0.3) is 0 Å². The molecule has 12 heavy (non-hydrogen) atoms. The lowest BCUT2D eigenvalue weighted by Gasteiger charge is -2.06. The molecule has 1 heterocycles. The molecule has 1 unspecified atom stereocenters. The van der Waals surface area contributed by atoms with Crippen LogP contribution in [0.2, 0.25) is 0 Å². The van der Waals surface area contributed by atoms with Crippen LogP contribution >= 0.6 is 47.9 Å². The smallest absolute Gasteiger partial charge is 0.104 e. The van der Waals surface area contributed by atoms with E-state index in [0.29, 0.717) is 3.91 Å². The van der Waals surface area contributed by atoms with Crippen molar-refractivity contribution in [1.82, 2.24) is 0 Å². The summed E-state index contributed by atoms with van der Waals surface area (Å²) in [5.74, 6) is 2.16. The summed E-state index contributed by atoms with van der Waals surface area (Å²) in [7, 11) is 0. The van der Waals surface area contributed by atoms with E-state index in [2.05, 4.69) is 25.0 Å². The summed E-state index contributed by atoms with van der Waals surface area (Å²) in [6.07, 6.45) is 2.53. The van der Waals surface area contributed by atoms with Crippen molar-refractivity contribution in [3.63, 3.8) is 0 Å². The predicted molar refractivity (Wildman–Crippen MR) is 68.3 cm³/mol.